The van der Waals surface area contributed by atoms with E-state index in [0.29, 0.717) is 5.82 Å². The lowest BCUT2D eigenvalue weighted by Crippen LogP contribution is -2.18. The summed E-state index contributed by atoms with van der Waals surface area (Å²) in [7, 11) is 1.48. The maximum atomic E-state index is 11.1. The van der Waals surface area contributed by atoms with Crippen LogP contribution >= 0.6 is 0 Å². The quantitative estimate of drug-likeness (QED) is 0.754. The summed E-state index contributed by atoms with van der Waals surface area (Å²) in [5, 5.41) is 2.64. The van der Waals surface area contributed by atoms with E-state index in [9.17, 15) is 4.79 Å². The zero-order chi connectivity index (χ0) is 9.68. The molecular weight excluding hydrogens is 168 g/mol. The highest BCUT2D eigenvalue weighted by Crippen LogP contribution is 2.08. The molecule has 0 saturated heterocycles. The number of nitrogens with zero attached hydrogens (tertiary/aromatic N) is 1. The predicted molar refractivity (Wildman–Crippen MR) is 49.5 cm³/mol. The Labute approximate surface area is 76.9 Å². The van der Waals surface area contributed by atoms with Gasteiger partial charge in [-0.25, -0.2) is 4.98 Å². The van der Waals surface area contributed by atoms with Gasteiger partial charge in [0, 0.05) is 13.3 Å². The molecule has 1 N–H and O–H groups in total. The molecule has 1 heterocycles. The second kappa shape index (κ2) is 4.57. The second-order valence-electron chi connectivity index (χ2n) is 2.65. The molecule has 0 bridgehead atoms. The average Bonchev–Trinajstić information content (AvgIpc) is 2.09. The van der Waals surface area contributed by atoms with Gasteiger partial charge < -0.3 is 10.1 Å². The first-order valence-electron chi connectivity index (χ1n) is 3.94. The molecule has 0 unspecified atom stereocenters. The molecule has 0 saturated carbocycles. The third kappa shape index (κ3) is 2.83. The molecule has 4 nitrogen and oxygen atoms in total. The number of anilines is 1. The molecule has 0 radical (unpaired) electrons. The molecule has 70 valence electrons. The first kappa shape index (κ1) is 9.67. The number of aromatic nitrogens is 1. The van der Waals surface area contributed by atoms with Crippen molar-refractivity contribution in [3.8, 4) is 0 Å². The Balaban J connectivity index is 2.63. The minimum atomic E-state index is -0.190. The first-order chi connectivity index (χ1) is 6.24. The zero-order valence-electron chi connectivity index (χ0n) is 7.70. The molecule has 0 aliphatic heterocycles. The smallest absolute Gasteiger partial charge is 0.251 e. The highest BCUT2D eigenvalue weighted by atomic mass is 16.5. The van der Waals surface area contributed by atoms with Gasteiger partial charge >= 0.3 is 0 Å². The molecule has 0 spiro atoms. The fourth-order valence-electron chi connectivity index (χ4n) is 0.916. The van der Waals surface area contributed by atoms with Crippen LogP contribution in [0.25, 0.3) is 0 Å². The van der Waals surface area contributed by atoms with Crippen molar-refractivity contribution in [2.24, 2.45) is 0 Å². The molecule has 0 aliphatic carbocycles. The molecule has 13 heavy (non-hydrogen) atoms. The number of methoxy groups -OCH3 is 1. The van der Waals surface area contributed by atoms with Crippen molar-refractivity contribution in [1.82, 2.24) is 4.98 Å². The Hall–Kier alpha value is -1.42. The average molecular weight is 180 g/mol. The van der Waals surface area contributed by atoms with E-state index in [4.69, 9.17) is 0 Å². The standard InChI is InChI=1S/C9H12N2O2/c1-7-4-3-5-10-9(7)11-8(12)6-13-2/h3-5H,6H2,1-2H3,(H,10,11,12). The summed E-state index contributed by atoms with van der Waals surface area (Å²) >= 11 is 0. The Kier molecular flexibility index (Phi) is 3.40. The van der Waals surface area contributed by atoms with Gasteiger partial charge in [-0.1, -0.05) is 6.07 Å². The number of carbonyl (C=O) groups is 1. The van der Waals surface area contributed by atoms with E-state index in [2.05, 4.69) is 15.0 Å². The largest absolute Gasteiger partial charge is 0.375 e. The van der Waals surface area contributed by atoms with Gasteiger partial charge in [0.2, 0.25) is 0 Å². The number of nitrogens with one attached hydrogen (secondary N) is 1. The third-order valence-corrected chi connectivity index (χ3v) is 1.54. The van der Waals surface area contributed by atoms with Crippen molar-refractivity contribution in [1.29, 1.82) is 0 Å². The van der Waals surface area contributed by atoms with Crippen LogP contribution in [0.2, 0.25) is 0 Å². The SMILES string of the molecule is COCC(=O)Nc1ncccc1C. The predicted octanol–water partition coefficient (Wildman–Crippen LogP) is 0.975. The fraction of sp³-hybridized carbons (Fsp3) is 0.333. The van der Waals surface area contributed by atoms with Crippen LogP contribution in [-0.4, -0.2) is 24.6 Å². The molecule has 0 aromatic carbocycles. The molecule has 0 fully saturated rings. The van der Waals surface area contributed by atoms with Crippen molar-refractivity contribution in [3.05, 3.63) is 23.9 Å². The minimum absolute atomic E-state index is 0.0516. The zero-order valence-corrected chi connectivity index (χ0v) is 7.70. The van der Waals surface area contributed by atoms with Crippen molar-refractivity contribution in [2.75, 3.05) is 19.0 Å². The van der Waals surface area contributed by atoms with E-state index in [1.54, 1.807) is 6.20 Å². The van der Waals surface area contributed by atoms with Crippen molar-refractivity contribution < 1.29 is 9.53 Å². The number of ether oxygens (including phenoxy) is 1. The fourth-order valence-corrected chi connectivity index (χ4v) is 0.916. The van der Waals surface area contributed by atoms with Crippen LogP contribution in [0.3, 0.4) is 0 Å². The topological polar surface area (TPSA) is 51.2 Å². The summed E-state index contributed by atoms with van der Waals surface area (Å²) in [6.45, 7) is 1.94. The van der Waals surface area contributed by atoms with Crippen LogP contribution in [0.4, 0.5) is 5.82 Å². The van der Waals surface area contributed by atoms with E-state index < -0.39 is 0 Å². The maximum absolute atomic E-state index is 11.1. The lowest BCUT2D eigenvalue weighted by atomic mass is 10.3. The molecule has 1 aromatic heterocycles. The summed E-state index contributed by atoms with van der Waals surface area (Å²) in [5.41, 5.74) is 0.937. The number of hydrogen-bond acceptors (Lipinski definition) is 3. The van der Waals surface area contributed by atoms with Crippen LogP contribution in [0.5, 0.6) is 0 Å². The number of pyridine rings is 1. The van der Waals surface area contributed by atoms with Gasteiger partial charge in [0.15, 0.2) is 0 Å². The Morgan fingerprint density at radius 1 is 1.69 bits per heavy atom. The molecule has 0 atom stereocenters. The van der Waals surface area contributed by atoms with Crippen molar-refractivity contribution >= 4 is 11.7 Å². The normalized spacial score (nSPS) is 9.69. The van der Waals surface area contributed by atoms with E-state index in [0.717, 1.165) is 5.56 Å². The number of rotatable bonds is 3. The van der Waals surface area contributed by atoms with Gasteiger partial charge in [-0.05, 0) is 18.6 Å². The van der Waals surface area contributed by atoms with Gasteiger partial charge in [-0.2, -0.15) is 0 Å². The Morgan fingerprint density at radius 2 is 2.46 bits per heavy atom. The number of amides is 1. The lowest BCUT2D eigenvalue weighted by molar-refractivity contribution is -0.119. The van der Waals surface area contributed by atoms with Crippen LogP contribution in [0, 0.1) is 6.92 Å². The summed E-state index contributed by atoms with van der Waals surface area (Å²) in [5.74, 6) is 0.397. The molecule has 1 rings (SSSR count). The highest BCUT2D eigenvalue weighted by molar-refractivity contribution is 5.91. The van der Waals surface area contributed by atoms with E-state index in [-0.39, 0.29) is 12.5 Å². The monoisotopic (exact) mass is 180 g/mol. The van der Waals surface area contributed by atoms with E-state index >= 15 is 0 Å². The number of hydrogen-bond donors (Lipinski definition) is 1. The summed E-state index contributed by atoms with van der Waals surface area (Å²) < 4.78 is 4.68. The second-order valence-corrected chi connectivity index (χ2v) is 2.65. The van der Waals surface area contributed by atoms with Gasteiger partial charge in [0.25, 0.3) is 5.91 Å². The van der Waals surface area contributed by atoms with E-state index in [1.165, 1.54) is 7.11 Å². The van der Waals surface area contributed by atoms with Gasteiger partial charge in [-0.15, -0.1) is 0 Å². The summed E-state index contributed by atoms with van der Waals surface area (Å²) in [4.78, 5) is 15.1. The van der Waals surface area contributed by atoms with Crippen molar-refractivity contribution in [3.63, 3.8) is 0 Å². The Morgan fingerprint density at radius 3 is 3.08 bits per heavy atom. The molecule has 4 heteroatoms. The molecule has 0 aliphatic rings. The van der Waals surface area contributed by atoms with Crippen molar-refractivity contribution in [2.45, 2.75) is 6.92 Å². The van der Waals surface area contributed by atoms with Crippen LogP contribution in [-0.2, 0) is 9.53 Å². The third-order valence-electron chi connectivity index (χ3n) is 1.54. The van der Waals surface area contributed by atoms with Crippen LogP contribution in [0.1, 0.15) is 5.56 Å². The lowest BCUT2D eigenvalue weighted by Gasteiger charge is -2.05. The van der Waals surface area contributed by atoms with Gasteiger partial charge in [-0.3, -0.25) is 4.79 Å². The molecule has 1 amide bonds. The van der Waals surface area contributed by atoms with E-state index in [1.807, 2.05) is 19.1 Å². The van der Waals surface area contributed by atoms with Gasteiger partial charge in [0.05, 0.1) is 0 Å². The number of carbonyl (C=O) groups excluding carboxylic acids is 1. The summed E-state index contributed by atoms with van der Waals surface area (Å²) in [6.07, 6.45) is 1.63. The Bertz CT molecular complexity index is 299. The highest BCUT2D eigenvalue weighted by Gasteiger charge is 2.03. The van der Waals surface area contributed by atoms with Gasteiger partial charge in [0.1, 0.15) is 12.4 Å². The minimum Gasteiger partial charge on any atom is -0.375 e. The first-order valence-corrected chi connectivity index (χ1v) is 3.94. The molecule has 1 aromatic rings. The van der Waals surface area contributed by atoms with Crippen LogP contribution < -0.4 is 5.32 Å². The summed E-state index contributed by atoms with van der Waals surface area (Å²) in [6, 6.07) is 3.71. The molecular formula is C9H12N2O2. The van der Waals surface area contributed by atoms with Crippen LogP contribution in [0.15, 0.2) is 18.3 Å². The number of aryl methyl sites for hydroxylation is 1. The maximum Gasteiger partial charge on any atom is 0.251 e.